The van der Waals surface area contributed by atoms with Crippen molar-refractivity contribution in [1.29, 1.82) is 10.5 Å². The fourth-order valence-electron chi connectivity index (χ4n) is 4.42. The third-order valence-electron chi connectivity index (χ3n) is 7.67. The van der Waals surface area contributed by atoms with Crippen molar-refractivity contribution in [1.82, 2.24) is 29.9 Å². The minimum Gasteiger partial charge on any atom is 1.00 e. The monoisotopic (exact) mass is 1490 g/mol. The predicted molar refractivity (Wildman–Crippen MR) is 304 cm³/mol. The molecule has 0 aromatic carbocycles. The summed E-state index contributed by atoms with van der Waals surface area (Å²) in [5.41, 5.74) is 9.67. The summed E-state index contributed by atoms with van der Waals surface area (Å²) in [6.07, 6.45) is 10.4. The zero-order valence-electron chi connectivity index (χ0n) is 48.0. The molecule has 89 heavy (non-hydrogen) atoms. The molecule has 0 radical (unpaired) electrons. The Morgan fingerprint density at radius 2 is 0.438 bits per heavy atom. The Kier molecular flexibility index (Phi) is 41.6. The Labute approximate surface area is 532 Å². The smallest absolute Gasteiger partial charge is 1.00 e. The summed E-state index contributed by atoms with van der Waals surface area (Å²) in [6, 6.07) is 37.8. The Hall–Kier alpha value is -6.55. The summed E-state index contributed by atoms with van der Waals surface area (Å²) >= 11 is 0. The number of halogens is 18. The molecule has 0 unspecified atom stereocenters. The first-order valence-corrected chi connectivity index (χ1v) is 29.6. The molecule has 6 heterocycles. The van der Waals surface area contributed by atoms with Gasteiger partial charge in [0, 0.05) is 64.2 Å². The minimum absolute atomic E-state index is 0. The predicted octanol–water partition coefficient (Wildman–Crippen LogP) is 20.4. The molecule has 0 aliphatic heterocycles. The van der Waals surface area contributed by atoms with Crippen molar-refractivity contribution in [3.8, 4) is 12.1 Å². The average molecular weight is 1500 g/mol. The van der Waals surface area contributed by atoms with Crippen LogP contribution in [-0.4, -0.2) is 77.4 Å². The van der Waals surface area contributed by atoms with E-state index in [-0.39, 0.29) is 51.2 Å². The van der Waals surface area contributed by atoms with Crippen molar-refractivity contribution in [3.05, 3.63) is 181 Å². The summed E-state index contributed by atoms with van der Waals surface area (Å²) in [6.45, 7) is 19.8. The number of nitriles is 2. The van der Waals surface area contributed by atoms with Crippen LogP contribution in [0.3, 0.4) is 0 Å². The Balaban J connectivity index is -0.000000232. The van der Waals surface area contributed by atoms with E-state index in [0.717, 1.165) is 81.6 Å². The molecular formula is C50H58Cu3F18N14OP3. The van der Waals surface area contributed by atoms with Gasteiger partial charge in [0.05, 0.1) is 80.6 Å². The van der Waals surface area contributed by atoms with Gasteiger partial charge in [0.1, 0.15) is 0 Å². The topological polar surface area (TPSA) is 208 Å². The van der Waals surface area contributed by atoms with Gasteiger partial charge in [-0.2, -0.15) is 41.1 Å². The van der Waals surface area contributed by atoms with E-state index in [1.165, 1.54) is 13.8 Å². The van der Waals surface area contributed by atoms with E-state index in [1.54, 1.807) is 49.3 Å². The van der Waals surface area contributed by atoms with Crippen molar-refractivity contribution in [2.24, 2.45) is 30.6 Å². The van der Waals surface area contributed by atoms with Crippen LogP contribution in [0.1, 0.15) is 103 Å². The molecule has 0 fully saturated rings. The van der Waals surface area contributed by atoms with Gasteiger partial charge in [-0.15, -0.1) is 0 Å². The molecule has 6 rings (SSSR count). The normalized spacial score (nSPS) is 13.7. The third kappa shape index (κ3) is 75.6. The zero-order valence-corrected chi connectivity index (χ0v) is 53.5. The summed E-state index contributed by atoms with van der Waals surface area (Å²) in [5, 5.41) is 39.7. The molecule has 0 aliphatic rings. The van der Waals surface area contributed by atoms with Crippen LogP contribution in [0.25, 0.3) is 0 Å². The molecule has 0 N–H and O–H groups in total. The number of ether oxygens (including phenoxy) is 1. The van der Waals surface area contributed by atoms with Gasteiger partial charge in [-0.3, -0.25) is 29.9 Å². The van der Waals surface area contributed by atoms with Crippen LogP contribution in [0.4, 0.5) is 75.5 Å². The van der Waals surface area contributed by atoms with Gasteiger partial charge in [-0.05, 0) is 128 Å². The van der Waals surface area contributed by atoms with E-state index in [0.29, 0.717) is 0 Å². The molecule has 508 valence electrons. The Morgan fingerprint density at radius 3 is 0.506 bits per heavy atom. The van der Waals surface area contributed by atoms with Gasteiger partial charge in [-0.25, -0.2) is 0 Å². The maximum atomic E-state index is 9.87. The van der Waals surface area contributed by atoms with Gasteiger partial charge < -0.3 is 4.74 Å². The average Bonchev–Trinajstić information content (AvgIpc) is 3.62. The molecule has 15 nitrogen and oxygen atoms in total. The van der Waals surface area contributed by atoms with Crippen molar-refractivity contribution >= 4 is 57.7 Å². The van der Waals surface area contributed by atoms with E-state index < -0.39 is 23.4 Å². The molecule has 6 aromatic rings. The molecule has 6 aromatic heterocycles. The van der Waals surface area contributed by atoms with Gasteiger partial charge >= 0.3 is 150 Å². The number of pyridine rings is 6. The molecular weight excluding hydrogens is 1440 g/mol. The Morgan fingerprint density at radius 1 is 0.326 bits per heavy atom. The number of hydrogen-bond acceptors (Lipinski definition) is 15. The molecule has 0 spiro atoms. The summed E-state index contributed by atoms with van der Waals surface area (Å²) in [4.78, 5) is 25.3. The second-order valence-electron chi connectivity index (χ2n) is 15.5. The van der Waals surface area contributed by atoms with Crippen molar-refractivity contribution < 1.29 is 131 Å². The van der Waals surface area contributed by atoms with Crippen LogP contribution in [0.2, 0.25) is 0 Å². The summed E-state index contributed by atoms with van der Waals surface area (Å²) < 4.78 is 182. The summed E-state index contributed by atoms with van der Waals surface area (Å²) in [5.74, 6) is 0. The number of nitrogens with zero attached hydrogens (tertiary/aromatic N) is 14. The second kappa shape index (κ2) is 39.5. The minimum atomic E-state index is -10.7. The fraction of sp³-hybridized carbons (Fsp3) is 0.240. The first-order valence-electron chi connectivity index (χ1n) is 23.5. The molecule has 0 atom stereocenters. The van der Waals surface area contributed by atoms with E-state index in [1.807, 2.05) is 165 Å². The van der Waals surface area contributed by atoms with Crippen LogP contribution in [-0.2, 0) is 55.9 Å². The van der Waals surface area contributed by atoms with Crippen LogP contribution in [0.15, 0.2) is 177 Å². The molecule has 0 bridgehead atoms. The molecule has 0 saturated carbocycles. The molecule has 39 heteroatoms. The second-order valence-corrected chi connectivity index (χ2v) is 21.3. The van der Waals surface area contributed by atoms with Gasteiger partial charge in [0.15, 0.2) is 0 Å². The first-order chi connectivity index (χ1) is 38.9. The van der Waals surface area contributed by atoms with E-state index in [2.05, 4.69) is 60.5 Å². The maximum absolute atomic E-state index is 10.7. The van der Waals surface area contributed by atoms with Crippen LogP contribution in [0, 0.1) is 22.7 Å². The van der Waals surface area contributed by atoms with Crippen LogP contribution in [0.5, 0.6) is 0 Å². The van der Waals surface area contributed by atoms with Gasteiger partial charge in [0.2, 0.25) is 0 Å². The molecule has 0 aliphatic carbocycles. The van der Waals surface area contributed by atoms with Crippen molar-refractivity contribution in [2.75, 3.05) is 13.2 Å². The van der Waals surface area contributed by atoms with Crippen LogP contribution >= 0.6 is 23.4 Å². The number of rotatable bonds is 11. The van der Waals surface area contributed by atoms with Gasteiger partial charge in [-0.1, -0.05) is 36.4 Å². The summed E-state index contributed by atoms with van der Waals surface area (Å²) in [7, 11) is -32.0. The molecule has 0 saturated heterocycles. The number of aromatic nitrogens is 6. The quantitative estimate of drug-likeness (QED) is 0.0397. The standard InChI is InChI=1S/3C14H14N4.C4H10O.2C2H3N.3Cu.3F6P/c3*1-11(13-7-3-5-9-15-13)17-18-12(2)14-8-4-6-10-16-14;1-3-5-4-2;2*1-2-3;;;;3*1-7(2,3,4,5)6/h3*3-10H,1-2H3;3-4H2,1-2H3;2*1H3;;;;;;/q;;;;;;3*+1;3*-1/b3*17-11+,18-12+;;;;;;;;;. The first kappa shape index (κ1) is 93.6. The van der Waals surface area contributed by atoms with Crippen LogP contribution < -0.4 is 0 Å². The Bertz CT molecular complexity index is 2690. The fourth-order valence-corrected chi connectivity index (χ4v) is 4.42. The van der Waals surface area contributed by atoms with E-state index >= 15 is 0 Å². The van der Waals surface area contributed by atoms with E-state index in [9.17, 15) is 75.5 Å². The maximum Gasteiger partial charge on any atom is 1.00 e. The van der Waals surface area contributed by atoms with Crippen molar-refractivity contribution in [3.63, 3.8) is 0 Å². The SMILES string of the molecule is C/C(=N\N=C(/C)c1ccccn1)c1ccccn1.C/C(=N\N=C(/C)c1ccccn1)c1ccccn1.C/C(=N\N=C(/C)c1ccccn1)c1ccccn1.CC#N.CC#N.CCOCC.F[P-](F)(F)(F)(F)F.F[P-](F)(F)(F)(F)F.F[P-](F)(F)(F)(F)F.[Cu+].[Cu+].[Cu+]. The zero-order chi connectivity index (χ0) is 67.1. The van der Waals surface area contributed by atoms with Gasteiger partial charge in [0.25, 0.3) is 0 Å². The largest absolute Gasteiger partial charge is 1.00 e. The molecule has 0 amide bonds. The van der Waals surface area contributed by atoms with E-state index in [4.69, 9.17) is 15.3 Å². The third-order valence-corrected chi connectivity index (χ3v) is 7.67. The number of hydrogen-bond donors (Lipinski definition) is 0. The van der Waals surface area contributed by atoms with Crippen molar-refractivity contribution in [2.45, 2.75) is 69.2 Å².